The predicted octanol–water partition coefficient (Wildman–Crippen LogP) is 3.50. The maximum Gasteiger partial charge on any atom is 0.146 e. The van der Waals surface area contributed by atoms with Crippen LogP contribution in [0.25, 0.3) is 0 Å². The van der Waals surface area contributed by atoms with Crippen LogP contribution < -0.4 is 5.32 Å². The molecule has 0 aliphatic heterocycles. The van der Waals surface area contributed by atoms with Crippen LogP contribution in [0.3, 0.4) is 0 Å². The van der Waals surface area contributed by atoms with Gasteiger partial charge in [-0.05, 0) is 44.0 Å². The lowest BCUT2D eigenvalue weighted by Gasteiger charge is -2.16. The van der Waals surface area contributed by atoms with E-state index >= 15 is 0 Å². The van der Waals surface area contributed by atoms with Gasteiger partial charge >= 0.3 is 0 Å². The van der Waals surface area contributed by atoms with Crippen LogP contribution >= 0.6 is 0 Å². The van der Waals surface area contributed by atoms with Gasteiger partial charge in [-0.3, -0.25) is 4.98 Å². The Kier molecular flexibility index (Phi) is 5.04. The van der Waals surface area contributed by atoms with Crippen molar-refractivity contribution in [1.29, 1.82) is 0 Å². The van der Waals surface area contributed by atoms with Crippen molar-refractivity contribution in [2.24, 2.45) is 0 Å². The van der Waals surface area contributed by atoms with Crippen LogP contribution in [0, 0.1) is 5.82 Å². The van der Waals surface area contributed by atoms with Crippen LogP contribution in [0.2, 0.25) is 0 Å². The zero-order valence-corrected chi connectivity index (χ0v) is 11.1. The molecule has 0 saturated carbocycles. The first kappa shape index (κ1) is 13.7. The zero-order chi connectivity index (χ0) is 13.5. The summed E-state index contributed by atoms with van der Waals surface area (Å²) in [4.78, 5) is 4.14. The monoisotopic (exact) mass is 258 g/mol. The molecule has 0 aliphatic carbocycles. The van der Waals surface area contributed by atoms with E-state index in [1.54, 1.807) is 12.3 Å². The summed E-state index contributed by atoms with van der Waals surface area (Å²) in [5.41, 5.74) is 1.83. The summed E-state index contributed by atoms with van der Waals surface area (Å²) in [6, 6.07) is 13.4. The number of benzene rings is 1. The molecule has 0 amide bonds. The largest absolute Gasteiger partial charge is 0.312 e. The number of rotatable bonds is 6. The summed E-state index contributed by atoms with van der Waals surface area (Å²) in [5.74, 6) is -0.235. The van der Waals surface area contributed by atoms with Gasteiger partial charge in [0.2, 0.25) is 0 Å². The van der Waals surface area contributed by atoms with Gasteiger partial charge in [0, 0.05) is 6.20 Å². The first-order chi connectivity index (χ1) is 9.31. The fraction of sp³-hybridized carbons (Fsp3) is 0.312. The van der Waals surface area contributed by atoms with Crippen molar-refractivity contribution in [2.45, 2.75) is 25.3 Å². The molecule has 1 aromatic heterocycles. The lowest BCUT2D eigenvalue weighted by atomic mass is 10.0. The third kappa shape index (κ3) is 3.86. The Balaban J connectivity index is 1.92. The Morgan fingerprint density at radius 2 is 1.95 bits per heavy atom. The summed E-state index contributed by atoms with van der Waals surface area (Å²) >= 11 is 0. The van der Waals surface area contributed by atoms with E-state index in [0.29, 0.717) is 5.69 Å². The molecule has 0 aliphatic rings. The second kappa shape index (κ2) is 7.00. The van der Waals surface area contributed by atoms with Crippen LogP contribution in [-0.4, -0.2) is 12.0 Å². The van der Waals surface area contributed by atoms with Crippen molar-refractivity contribution in [3.05, 3.63) is 65.7 Å². The summed E-state index contributed by atoms with van der Waals surface area (Å²) < 4.78 is 13.7. The van der Waals surface area contributed by atoms with Crippen molar-refractivity contribution in [3.8, 4) is 0 Å². The Hall–Kier alpha value is -1.74. The van der Waals surface area contributed by atoms with Crippen molar-refractivity contribution < 1.29 is 4.39 Å². The van der Waals surface area contributed by atoms with Gasteiger partial charge < -0.3 is 5.32 Å². The van der Waals surface area contributed by atoms with Gasteiger partial charge in [-0.25, -0.2) is 4.39 Å². The third-order valence-corrected chi connectivity index (χ3v) is 3.27. The van der Waals surface area contributed by atoms with E-state index in [1.165, 1.54) is 11.6 Å². The lowest BCUT2D eigenvalue weighted by molar-refractivity contribution is 0.480. The zero-order valence-electron chi connectivity index (χ0n) is 11.1. The topological polar surface area (TPSA) is 24.9 Å². The van der Waals surface area contributed by atoms with Crippen LogP contribution in [-0.2, 0) is 6.42 Å². The maximum atomic E-state index is 13.7. The van der Waals surface area contributed by atoms with Crippen LogP contribution in [0.4, 0.5) is 4.39 Å². The lowest BCUT2D eigenvalue weighted by Crippen LogP contribution is -2.19. The number of hydrogen-bond acceptors (Lipinski definition) is 2. The van der Waals surface area contributed by atoms with Gasteiger partial charge in [-0.15, -0.1) is 0 Å². The Labute approximate surface area is 113 Å². The number of aryl methyl sites for hydroxylation is 1. The molecule has 0 spiro atoms. The Bertz CT molecular complexity index is 499. The fourth-order valence-corrected chi connectivity index (χ4v) is 2.23. The van der Waals surface area contributed by atoms with Gasteiger partial charge in [0.15, 0.2) is 0 Å². The predicted molar refractivity (Wildman–Crippen MR) is 75.4 cm³/mol. The second-order valence-corrected chi connectivity index (χ2v) is 4.59. The molecule has 1 atom stereocenters. The Morgan fingerprint density at radius 3 is 2.63 bits per heavy atom. The van der Waals surface area contributed by atoms with Crippen molar-refractivity contribution in [3.63, 3.8) is 0 Å². The molecule has 2 nitrogen and oxygen atoms in total. The average Bonchev–Trinajstić information content (AvgIpc) is 2.46. The molecule has 1 heterocycles. The smallest absolute Gasteiger partial charge is 0.146 e. The fourth-order valence-electron chi connectivity index (χ4n) is 2.23. The highest BCUT2D eigenvalue weighted by molar-refractivity contribution is 5.15. The summed E-state index contributed by atoms with van der Waals surface area (Å²) in [5, 5.41) is 3.14. The first-order valence-corrected chi connectivity index (χ1v) is 6.63. The highest BCUT2D eigenvalue weighted by atomic mass is 19.1. The van der Waals surface area contributed by atoms with E-state index in [9.17, 15) is 4.39 Å². The molecule has 0 radical (unpaired) electrons. The number of nitrogens with one attached hydrogen (secondary N) is 1. The first-order valence-electron chi connectivity index (χ1n) is 6.63. The van der Waals surface area contributed by atoms with E-state index in [4.69, 9.17) is 0 Å². The highest BCUT2D eigenvalue weighted by Crippen LogP contribution is 2.19. The molecule has 1 unspecified atom stereocenters. The second-order valence-electron chi connectivity index (χ2n) is 4.59. The molecule has 2 aromatic rings. The molecule has 19 heavy (non-hydrogen) atoms. The van der Waals surface area contributed by atoms with E-state index < -0.39 is 0 Å². The van der Waals surface area contributed by atoms with Crippen molar-refractivity contribution in [2.75, 3.05) is 7.05 Å². The molecule has 3 heteroatoms. The average molecular weight is 258 g/mol. The maximum absolute atomic E-state index is 13.7. The van der Waals surface area contributed by atoms with Crippen LogP contribution in [0.1, 0.15) is 30.1 Å². The van der Waals surface area contributed by atoms with E-state index in [2.05, 4.69) is 22.4 Å². The minimum Gasteiger partial charge on any atom is -0.312 e. The molecule has 100 valence electrons. The summed E-state index contributed by atoms with van der Waals surface area (Å²) in [6.07, 6.45) is 4.53. The minimum absolute atomic E-state index is 0.0232. The molecule has 1 aromatic carbocycles. The van der Waals surface area contributed by atoms with Gasteiger partial charge in [0.25, 0.3) is 0 Å². The summed E-state index contributed by atoms with van der Waals surface area (Å²) in [7, 11) is 1.85. The molecular formula is C16H19FN2. The molecule has 2 rings (SSSR count). The number of pyridine rings is 1. The SMILES string of the molecule is CNC(CCCc1ccccc1)c1ncccc1F. The van der Waals surface area contributed by atoms with E-state index in [-0.39, 0.29) is 11.9 Å². The van der Waals surface area contributed by atoms with Gasteiger partial charge in [-0.1, -0.05) is 30.3 Å². The summed E-state index contributed by atoms with van der Waals surface area (Å²) in [6.45, 7) is 0. The molecular weight excluding hydrogens is 239 g/mol. The molecule has 0 saturated heterocycles. The van der Waals surface area contributed by atoms with Gasteiger partial charge in [0.05, 0.1) is 11.7 Å². The molecule has 0 fully saturated rings. The van der Waals surface area contributed by atoms with Gasteiger partial charge in [0.1, 0.15) is 5.82 Å². The minimum atomic E-state index is -0.235. The highest BCUT2D eigenvalue weighted by Gasteiger charge is 2.14. The van der Waals surface area contributed by atoms with E-state index in [1.807, 2.05) is 25.2 Å². The quantitative estimate of drug-likeness (QED) is 0.857. The van der Waals surface area contributed by atoms with Crippen LogP contribution in [0.15, 0.2) is 48.7 Å². The molecule has 1 N–H and O–H groups in total. The number of hydrogen-bond donors (Lipinski definition) is 1. The number of aromatic nitrogens is 1. The van der Waals surface area contributed by atoms with Gasteiger partial charge in [-0.2, -0.15) is 0 Å². The third-order valence-electron chi connectivity index (χ3n) is 3.27. The number of nitrogens with zero attached hydrogens (tertiary/aromatic N) is 1. The van der Waals surface area contributed by atoms with Crippen LogP contribution in [0.5, 0.6) is 0 Å². The van der Waals surface area contributed by atoms with Crippen molar-refractivity contribution >= 4 is 0 Å². The number of halogens is 1. The van der Waals surface area contributed by atoms with E-state index in [0.717, 1.165) is 19.3 Å². The Morgan fingerprint density at radius 1 is 1.16 bits per heavy atom. The normalized spacial score (nSPS) is 12.3. The standard InChI is InChI=1S/C16H19FN2/c1-18-15(16-14(17)10-6-12-19-16)11-5-9-13-7-3-2-4-8-13/h2-4,6-8,10,12,15,18H,5,9,11H2,1H3. The molecule has 0 bridgehead atoms. The van der Waals surface area contributed by atoms with Crippen molar-refractivity contribution in [1.82, 2.24) is 10.3 Å².